The highest BCUT2D eigenvalue weighted by atomic mass is 16.8. The van der Waals surface area contributed by atoms with Crippen LogP contribution in [0.25, 0.3) is 0 Å². The normalized spacial score (nSPS) is 56.4. The SMILES string of the molecule is C1OC1OC1CCC2OC12. The van der Waals surface area contributed by atoms with Crippen LogP contribution < -0.4 is 0 Å². The molecule has 0 aromatic heterocycles. The Hall–Kier alpha value is -0.120. The molecule has 2 saturated heterocycles. The summed E-state index contributed by atoms with van der Waals surface area (Å²) in [6, 6.07) is 0. The molecule has 3 rings (SSSR count). The Labute approximate surface area is 59.3 Å². The Morgan fingerprint density at radius 2 is 2.20 bits per heavy atom. The van der Waals surface area contributed by atoms with E-state index in [4.69, 9.17) is 14.2 Å². The lowest BCUT2D eigenvalue weighted by atomic mass is 10.3. The zero-order valence-corrected chi connectivity index (χ0v) is 5.66. The van der Waals surface area contributed by atoms with E-state index in [1.165, 1.54) is 6.42 Å². The van der Waals surface area contributed by atoms with E-state index in [0.29, 0.717) is 18.3 Å². The van der Waals surface area contributed by atoms with Crippen molar-refractivity contribution in [3.8, 4) is 0 Å². The maximum atomic E-state index is 5.53. The Morgan fingerprint density at radius 1 is 1.30 bits per heavy atom. The number of epoxide rings is 2. The summed E-state index contributed by atoms with van der Waals surface area (Å²) in [5.74, 6) is 0. The zero-order chi connectivity index (χ0) is 6.55. The average Bonchev–Trinajstić information content (AvgIpc) is 2.74. The van der Waals surface area contributed by atoms with Crippen molar-refractivity contribution >= 4 is 0 Å². The fourth-order valence-corrected chi connectivity index (χ4v) is 1.67. The van der Waals surface area contributed by atoms with Gasteiger partial charge in [0, 0.05) is 0 Å². The van der Waals surface area contributed by atoms with Crippen LogP contribution in [0.2, 0.25) is 0 Å². The molecule has 1 aliphatic carbocycles. The summed E-state index contributed by atoms with van der Waals surface area (Å²) in [5.41, 5.74) is 0. The quantitative estimate of drug-likeness (QED) is 0.520. The van der Waals surface area contributed by atoms with Crippen LogP contribution in [0.3, 0.4) is 0 Å². The van der Waals surface area contributed by atoms with Gasteiger partial charge in [0.15, 0.2) is 6.29 Å². The van der Waals surface area contributed by atoms with Crippen LogP contribution in [0.1, 0.15) is 12.8 Å². The molecule has 0 aromatic rings. The van der Waals surface area contributed by atoms with Crippen LogP contribution in [0.4, 0.5) is 0 Å². The maximum Gasteiger partial charge on any atom is 0.181 e. The molecule has 56 valence electrons. The number of fused-ring (bicyclic) bond motifs is 1. The lowest BCUT2D eigenvalue weighted by Gasteiger charge is -2.08. The van der Waals surface area contributed by atoms with Gasteiger partial charge in [0.1, 0.15) is 12.7 Å². The van der Waals surface area contributed by atoms with Crippen LogP contribution >= 0.6 is 0 Å². The van der Waals surface area contributed by atoms with Crippen molar-refractivity contribution < 1.29 is 14.2 Å². The molecule has 3 fully saturated rings. The van der Waals surface area contributed by atoms with Gasteiger partial charge in [-0.1, -0.05) is 0 Å². The summed E-state index contributed by atoms with van der Waals surface area (Å²) in [5, 5.41) is 0. The van der Waals surface area contributed by atoms with Crippen molar-refractivity contribution in [2.24, 2.45) is 0 Å². The first-order valence-electron chi connectivity index (χ1n) is 3.86. The average molecular weight is 142 g/mol. The van der Waals surface area contributed by atoms with Crippen molar-refractivity contribution in [1.82, 2.24) is 0 Å². The highest BCUT2D eigenvalue weighted by Crippen LogP contribution is 2.41. The van der Waals surface area contributed by atoms with Crippen LogP contribution in [0, 0.1) is 0 Å². The third-order valence-electron chi connectivity index (χ3n) is 2.35. The van der Waals surface area contributed by atoms with Crippen molar-refractivity contribution in [2.45, 2.75) is 37.4 Å². The molecule has 2 aliphatic heterocycles. The molecule has 0 N–H and O–H groups in total. The van der Waals surface area contributed by atoms with Crippen molar-refractivity contribution in [2.75, 3.05) is 6.61 Å². The van der Waals surface area contributed by atoms with Crippen LogP contribution in [-0.4, -0.2) is 31.2 Å². The predicted octanol–water partition coefficient (Wildman–Crippen LogP) is 0.289. The number of hydrogen-bond acceptors (Lipinski definition) is 3. The molecule has 0 spiro atoms. The van der Waals surface area contributed by atoms with E-state index in [2.05, 4.69) is 0 Å². The van der Waals surface area contributed by atoms with Crippen LogP contribution in [0.15, 0.2) is 0 Å². The summed E-state index contributed by atoms with van der Waals surface area (Å²) in [7, 11) is 0. The van der Waals surface area contributed by atoms with Gasteiger partial charge in [-0.25, -0.2) is 0 Å². The smallest absolute Gasteiger partial charge is 0.181 e. The number of ether oxygens (including phenoxy) is 3. The first-order valence-corrected chi connectivity index (χ1v) is 3.86. The highest BCUT2D eigenvalue weighted by Gasteiger charge is 2.52. The highest BCUT2D eigenvalue weighted by molar-refractivity contribution is 4.99. The zero-order valence-electron chi connectivity index (χ0n) is 5.66. The van der Waals surface area contributed by atoms with Gasteiger partial charge in [-0.3, -0.25) is 0 Å². The summed E-state index contributed by atoms with van der Waals surface area (Å²) in [4.78, 5) is 0. The summed E-state index contributed by atoms with van der Waals surface area (Å²) in [6.45, 7) is 0.786. The van der Waals surface area contributed by atoms with Crippen LogP contribution in [-0.2, 0) is 14.2 Å². The van der Waals surface area contributed by atoms with Gasteiger partial charge in [-0.05, 0) is 12.8 Å². The van der Waals surface area contributed by atoms with Gasteiger partial charge >= 0.3 is 0 Å². The van der Waals surface area contributed by atoms with E-state index in [1.54, 1.807) is 0 Å². The fraction of sp³-hybridized carbons (Fsp3) is 1.00. The van der Waals surface area contributed by atoms with Crippen LogP contribution in [0.5, 0.6) is 0 Å². The molecule has 4 atom stereocenters. The van der Waals surface area contributed by atoms with Crippen molar-refractivity contribution in [3.63, 3.8) is 0 Å². The van der Waals surface area contributed by atoms with Crippen molar-refractivity contribution in [1.29, 1.82) is 0 Å². The minimum atomic E-state index is 0.105. The number of rotatable bonds is 2. The second-order valence-electron chi connectivity index (χ2n) is 3.15. The molecule has 4 unspecified atom stereocenters. The summed E-state index contributed by atoms with van der Waals surface area (Å²) >= 11 is 0. The standard InChI is InChI=1S/C7H10O3/c1-2-5-7(10-5)4(1)9-6-3-8-6/h4-7H,1-3H2. The van der Waals surface area contributed by atoms with E-state index >= 15 is 0 Å². The van der Waals surface area contributed by atoms with Crippen molar-refractivity contribution in [3.05, 3.63) is 0 Å². The Morgan fingerprint density at radius 3 is 2.70 bits per heavy atom. The van der Waals surface area contributed by atoms with Gasteiger partial charge in [-0.2, -0.15) is 0 Å². The molecule has 0 bridgehead atoms. The molecule has 3 heteroatoms. The minimum absolute atomic E-state index is 0.105. The van der Waals surface area contributed by atoms with E-state index in [1.807, 2.05) is 0 Å². The molecule has 0 aromatic carbocycles. The Balaban J connectivity index is 1.60. The number of hydrogen-bond donors (Lipinski definition) is 0. The second-order valence-corrected chi connectivity index (χ2v) is 3.15. The molecule has 3 aliphatic rings. The molecule has 0 radical (unpaired) electrons. The molecular weight excluding hydrogens is 132 g/mol. The largest absolute Gasteiger partial charge is 0.367 e. The topological polar surface area (TPSA) is 34.3 Å². The van der Waals surface area contributed by atoms with E-state index in [9.17, 15) is 0 Å². The third kappa shape index (κ3) is 0.779. The van der Waals surface area contributed by atoms with Gasteiger partial charge in [-0.15, -0.1) is 0 Å². The van der Waals surface area contributed by atoms with Gasteiger partial charge in [0.2, 0.25) is 0 Å². The Bertz CT molecular complexity index is 155. The lowest BCUT2D eigenvalue weighted by Crippen LogP contribution is -2.17. The second kappa shape index (κ2) is 1.72. The molecule has 2 heterocycles. The molecule has 0 amide bonds. The first kappa shape index (κ1) is 5.52. The maximum absolute atomic E-state index is 5.53. The summed E-state index contributed by atoms with van der Waals surface area (Å²) in [6.07, 6.45) is 3.75. The van der Waals surface area contributed by atoms with E-state index in [-0.39, 0.29) is 6.29 Å². The predicted molar refractivity (Wildman–Crippen MR) is 32.5 cm³/mol. The fourth-order valence-electron chi connectivity index (χ4n) is 1.67. The van der Waals surface area contributed by atoms with Gasteiger partial charge in [0.25, 0.3) is 0 Å². The van der Waals surface area contributed by atoms with E-state index < -0.39 is 0 Å². The molecular formula is C7H10O3. The van der Waals surface area contributed by atoms with Gasteiger partial charge < -0.3 is 14.2 Å². The third-order valence-corrected chi connectivity index (χ3v) is 2.35. The monoisotopic (exact) mass is 142 g/mol. The van der Waals surface area contributed by atoms with Gasteiger partial charge in [0.05, 0.1) is 12.2 Å². The molecule has 10 heavy (non-hydrogen) atoms. The van der Waals surface area contributed by atoms with E-state index in [0.717, 1.165) is 13.0 Å². The molecule has 3 nitrogen and oxygen atoms in total. The summed E-state index contributed by atoms with van der Waals surface area (Å²) < 4.78 is 15.8. The Kier molecular flexibility index (Phi) is 0.952. The minimum Gasteiger partial charge on any atom is -0.367 e. The first-order chi connectivity index (χ1) is 4.93. The lowest BCUT2D eigenvalue weighted by molar-refractivity contribution is -0.0273. The molecule has 1 saturated carbocycles.